The van der Waals surface area contributed by atoms with Crippen LogP contribution in [0.15, 0.2) is 60.8 Å². The quantitative estimate of drug-likeness (QED) is 0.114. The number of β-amino-alcohol motifs (C(OH)–C–C–N with tert-alkyl or cyclic N) is 1. The molecule has 3 aromatic rings. The molecule has 7 amide bonds. The Balaban J connectivity index is 1.37. The molecule has 5 rings (SSSR count). The number of nitrogens with one attached hydrogen (secondary N) is 7. The molecule has 8 atom stereocenters. The monoisotopic (exact) mass is 868 g/mol. The molecule has 61 heavy (non-hydrogen) atoms. The summed E-state index contributed by atoms with van der Waals surface area (Å²) in [5.74, 6) is -6.44. The van der Waals surface area contributed by atoms with Crippen LogP contribution in [-0.4, -0.2) is 152 Å². The van der Waals surface area contributed by atoms with Gasteiger partial charge >= 0.3 is 0 Å². The smallest absolute Gasteiger partial charge is 0.251 e. The minimum absolute atomic E-state index is 0.0809. The zero-order valence-corrected chi connectivity index (χ0v) is 33.7. The molecule has 2 aliphatic heterocycles. The normalized spacial score (nSPS) is 26.7. The predicted octanol–water partition coefficient (Wildman–Crippen LogP) is -2.94. The van der Waals surface area contributed by atoms with Crippen molar-refractivity contribution in [2.45, 2.75) is 80.4 Å². The summed E-state index contributed by atoms with van der Waals surface area (Å²) in [7, 11) is 1.22. The van der Waals surface area contributed by atoms with Crippen LogP contribution in [0, 0.1) is 0 Å². The highest BCUT2D eigenvalue weighted by Gasteiger charge is 2.49. The highest BCUT2D eigenvalue weighted by Crippen LogP contribution is 2.25. The van der Waals surface area contributed by atoms with Crippen LogP contribution in [0.5, 0.6) is 0 Å². The molecule has 3 heterocycles. The number of rotatable bonds is 7. The first-order chi connectivity index (χ1) is 28.9. The minimum Gasteiger partial charge on any atom is -0.391 e. The first-order valence-corrected chi connectivity index (χ1v) is 19.7. The summed E-state index contributed by atoms with van der Waals surface area (Å²) in [4.78, 5) is 96.1. The van der Waals surface area contributed by atoms with Crippen molar-refractivity contribution in [3.8, 4) is 0 Å². The summed E-state index contributed by atoms with van der Waals surface area (Å²) in [6, 6.07) is 9.15. The van der Waals surface area contributed by atoms with Crippen LogP contribution in [0.3, 0.4) is 0 Å². The number of aromatic nitrogens is 1. The first kappa shape index (κ1) is 46.2. The second kappa shape index (κ2) is 20.6. The van der Waals surface area contributed by atoms with Gasteiger partial charge in [-0.1, -0.05) is 60.2 Å². The Morgan fingerprint density at radius 3 is 2.36 bits per heavy atom. The van der Waals surface area contributed by atoms with Gasteiger partial charge in [0.15, 0.2) is 11.8 Å². The lowest BCUT2D eigenvalue weighted by Gasteiger charge is -2.34. The van der Waals surface area contributed by atoms with Gasteiger partial charge in [-0.3, -0.25) is 33.6 Å². The molecular formula is C40H49ClN8O12. The molecule has 0 spiro atoms. The SMILES string of the molecule is CN1CC(=O)N[C@@H](Cc2c[nH]c3cc(Cl)ccc23)C(=O)NCC(=O)NC[C@H](O)CC(=O)N[C@H]([C@H](O)[C@@H](O)C/C=C/c2ccccc2)[C@H](O)C(=O)N[C@@H]2CC(=O)N[C@@]2(O)CC1=O. The Hall–Kier alpha value is -5.90. The summed E-state index contributed by atoms with van der Waals surface area (Å²) in [5, 5.41) is 70.6. The maximum Gasteiger partial charge on any atom is 0.251 e. The summed E-state index contributed by atoms with van der Waals surface area (Å²) in [6.07, 6.45) is -5.31. The van der Waals surface area contributed by atoms with Gasteiger partial charge in [0, 0.05) is 42.1 Å². The predicted molar refractivity (Wildman–Crippen MR) is 218 cm³/mol. The number of likely N-dealkylation sites (N-methyl/N-ethyl adjacent to an activating group) is 1. The number of carbonyl (C=O) groups excluding carboxylic acids is 7. The van der Waals surface area contributed by atoms with E-state index in [0.717, 1.165) is 10.5 Å². The number of hydrogen-bond donors (Lipinski definition) is 12. The van der Waals surface area contributed by atoms with Gasteiger partial charge in [0.25, 0.3) is 5.91 Å². The van der Waals surface area contributed by atoms with E-state index in [9.17, 15) is 59.1 Å². The van der Waals surface area contributed by atoms with E-state index in [1.165, 1.54) is 13.1 Å². The topological polar surface area (TPSA) is 312 Å². The number of aromatic amines is 1. The van der Waals surface area contributed by atoms with Crippen molar-refractivity contribution in [1.29, 1.82) is 0 Å². The maximum atomic E-state index is 13.5. The van der Waals surface area contributed by atoms with Crippen LogP contribution >= 0.6 is 11.6 Å². The molecule has 328 valence electrons. The Bertz CT molecular complexity index is 2140. The molecule has 2 saturated heterocycles. The minimum atomic E-state index is -2.45. The molecule has 0 radical (unpaired) electrons. The number of amides is 7. The number of benzene rings is 2. The van der Waals surface area contributed by atoms with Gasteiger partial charge in [0.2, 0.25) is 35.4 Å². The molecule has 2 fully saturated rings. The van der Waals surface area contributed by atoms with Gasteiger partial charge in [-0.05, 0) is 29.7 Å². The molecule has 0 saturated carbocycles. The molecule has 20 nitrogen and oxygen atoms in total. The van der Waals surface area contributed by atoms with E-state index < -0.39 is 129 Å². The van der Waals surface area contributed by atoms with E-state index in [-0.39, 0.29) is 12.8 Å². The fourth-order valence-electron chi connectivity index (χ4n) is 6.91. The lowest BCUT2D eigenvalue weighted by molar-refractivity contribution is -0.145. The number of aliphatic hydroxyl groups is 5. The maximum absolute atomic E-state index is 13.5. The van der Waals surface area contributed by atoms with Crippen LogP contribution in [0.1, 0.15) is 36.8 Å². The van der Waals surface area contributed by atoms with Gasteiger partial charge in [-0.2, -0.15) is 0 Å². The first-order valence-electron chi connectivity index (χ1n) is 19.3. The summed E-state index contributed by atoms with van der Waals surface area (Å²) in [6.45, 7) is -1.78. The van der Waals surface area contributed by atoms with Gasteiger partial charge in [0.05, 0.1) is 56.6 Å². The van der Waals surface area contributed by atoms with E-state index in [0.29, 0.717) is 21.5 Å². The standard InChI is InChI=1S/C40H49ClN8O12/c1-49-20-33(55)45-27(12-22-17-42-26-13-23(41)10-11-25(22)26)38(59)44-19-32(54)43-18-24(50)14-30(52)47-35(36(57)28(51)9-5-8-21-6-3-2-4-7-21)37(58)39(60)46-29-15-31(53)48-40(29,61)16-34(49)56/h2-8,10-11,13,17,24,27-29,35-37,42,50-51,57-58,61H,9,12,14-16,18-20H2,1H3,(H,43,54)(H,44,59)(H,45,55)(H,46,60)(H,47,52)(H,48,53)/b8-5+/t24-,27+,28+,29-,35-,36-,37+,40-/m1/s1. The zero-order valence-electron chi connectivity index (χ0n) is 33.0. The fraction of sp³-hybridized carbons (Fsp3) is 0.425. The number of fused-ring (bicyclic) bond motifs is 2. The highest BCUT2D eigenvalue weighted by atomic mass is 35.5. The van der Waals surface area contributed by atoms with Gasteiger partial charge < -0.3 is 67.3 Å². The van der Waals surface area contributed by atoms with Gasteiger partial charge in [-0.25, -0.2) is 0 Å². The number of aliphatic hydroxyl groups excluding tert-OH is 4. The fourth-order valence-corrected chi connectivity index (χ4v) is 7.08. The third-order valence-electron chi connectivity index (χ3n) is 10.2. The number of halogens is 1. The number of H-pyrrole nitrogens is 1. The largest absolute Gasteiger partial charge is 0.391 e. The van der Waals surface area contributed by atoms with Crippen LogP contribution in [0.25, 0.3) is 17.0 Å². The molecule has 21 heteroatoms. The molecule has 0 unspecified atom stereocenters. The van der Waals surface area contributed by atoms with Crippen LogP contribution in [0.4, 0.5) is 0 Å². The van der Waals surface area contributed by atoms with Crippen molar-refractivity contribution < 1.29 is 59.1 Å². The van der Waals surface area contributed by atoms with Crippen LogP contribution in [0.2, 0.25) is 5.02 Å². The Labute approximate surface area is 354 Å². The third-order valence-corrected chi connectivity index (χ3v) is 10.5. The van der Waals surface area contributed by atoms with Crippen LogP contribution < -0.4 is 31.9 Å². The Kier molecular flexibility index (Phi) is 15.6. The molecular weight excluding hydrogens is 820 g/mol. The van der Waals surface area contributed by atoms with E-state index >= 15 is 0 Å². The van der Waals surface area contributed by atoms with E-state index in [1.54, 1.807) is 60.8 Å². The van der Waals surface area contributed by atoms with Gasteiger partial charge in [0.1, 0.15) is 12.1 Å². The third kappa shape index (κ3) is 12.6. The van der Waals surface area contributed by atoms with E-state index in [1.807, 2.05) is 0 Å². The summed E-state index contributed by atoms with van der Waals surface area (Å²) >= 11 is 6.11. The number of carbonyl (C=O) groups is 7. The molecule has 2 aromatic carbocycles. The van der Waals surface area contributed by atoms with E-state index in [4.69, 9.17) is 11.6 Å². The summed E-state index contributed by atoms with van der Waals surface area (Å²) in [5.41, 5.74) is -0.437. The number of nitrogens with zero attached hydrogens (tertiary/aromatic N) is 1. The van der Waals surface area contributed by atoms with Crippen molar-refractivity contribution in [3.63, 3.8) is 0 Å². The van der Waals surface area contributed by atoms with Gasteiger partial charge in [-0.15, -0.1) is 0 Å². The molecule has 12 N–H and O–H groups in total. The zero-order chi connectivity index (χ0) is 44.4. The lowest BCUT2D eigenvalue weighted by Crippen LogP contribution is -2.63. The Morgan fingerprint density at radius 1 is 0.885 bits per heavy atom. The van der Waals surface area contributed by atoms with E-state index in [2.05, 4.69) is 36.9 Å². The van der Waals surface area contributed by atoms with Crippen molar-refractivity contribution in [1.82, 2.24) is 41.8 Å². The van der Waals surface area contributed by atoms with Crippen molar-refractivity contribution in [2.24, 2.45) is 0 Å². The molecule has 0 aliphatic carbocycles. The average molecular weight is 869 g/mol. The molecule has 0 bridgehead atoms. The molecule has 1 aromatic heterocycles. The van der Waals surface area contributed by atoms with Crippen molar-refractivity contribution in [3.05, 3.63) is 77.0 Å². The molecule has 2 aliphatic rings. The highest BCUT2D eigenvalue weighted by molar-refractivity contribution is 6.31. The van der Waals surface area contributed by atoms with Crippen molar-refractivity contribution in [2.75, 3.05) is 26.7 Å². The second-order valence-corrected chi connectivity index (χ2v) is 15.5. The van der Waals surface area contributed by atoms with Crippen molar-refractivity contribution >= 4 is 69.9 Å². The average Bonchev–Trinajstić information content (AvgIpc) is 3.73. The Morgan fingerprint density at radius 2 is 1.62 bits per heavy atom. The second-order valence-electron chi connectivity index (χ2n) is 15.0. The number of hydrogen-bond acceptors (Lipinski definition) is 12. The van der Waals surface area contributed by atoms with Crippen LogP contribution in [-0.2, 0) is 40.0 Å². The lowest BCUT2D eigenvalue weighted by atomic mass is 9.95. The summed E-state index contributed by atoms with van der Waals surface area (Å²) < 4.78 is 0.